The second-order valence-electron chi connectivity index (χ2n) is 19.7. The highest BCUT2D eigenvalue weighted by Gasteiger charge is 2.29. The first kappa shape index (κ1) is 67.1. The van der Waals surface area contributed by atoms with Gasteiger partial charge in [-0.1, -0.05) is 123 Å². The van der Waals surface area contributed by atoms with E-state index in [-0.39, 0.29) is 54.5 Å². The Bertz CT molecular complexity index is 2430. The van der Waals surface area contributed by atoms with Gasteiger partial charge >= 0.3 is 23.9 Å². The third-order valence-corrected chi connectivity index (χ3v) is 11.5. The van der Waals surface area contributed by atoms with Crippen molar-refractivity contribution in [2.75, 3.05) is 7.11 Å². The molecule has 0 spiro atoms. The van der Waals surface area contributed by atoms with Crippen LogP contribution >= 0.6 is 0 Å². The van der Waals surface area contributed by atoms with E-state index >= 15 is 0 Å². The maximum atomic E-state index is 12.5. The first-order valence-electron chi connectivity index (χ1n) is 26.2. The Kier molecular flexibility index (Phi) is 31.1. The lowest BCUT2D eigenvalue weighted by molar-refractivity contribution is -0.167. The minimum Gasteiger partial charge on any atom is -0.503 e. The molecule has 0 saturated carbocycles. The molecule has 0 aliphatic rings. The average molecular weight is 1080 g/mol. The van der Waals surface area contributed by atoms with E-state index in [1.165, 1.54) is 19.4 Å². The van der Waals surface area contributed by atoms with Crippen molar-refractivity contribution in [3.63, 3.8) is 0 Å². The van der Waals surface area contributed by atoms with Crippen LogP contribution in [0, 0.1) is 11.8 Å². The maximum absolute atomic E-state index is 12.5. The highest BCUT2D eigenvalue weighted by molar-refractivity contribution is 5.99. The number of nitrogens with zero attached hydrogens (tertiary/aromatic N) is 1. The molecule has 9 atom stereocenters. The van der Waals surface area contributed by atoms with Crippen molar-refractivity contribution in [2.45, 2.75) is 163 Å². The van der Waals surface area contributed by atoms with Crippen molar-refractivity contribution in [3.8, 4) is 11.5 Å². The number of nitrogens with two attached hydrogens (primary N) is 1. The van der Waals surface area contributed by atoms with Gasteiger partial charge < -0.3 is 48.7 Å². The Hall–Kier alpha value is -6.98. The van der Waals surface area contributed by atoms with Gasteiger partial charge in [0, 0.05) is 18.7 Å². The molecule has 16 nitrogen and oxygen atoms in total. The molecule has 1 heterocycles. The van der Waals surface area contributed by atoms with E-state index in [4.69, 9.17) is 43.6 Å². The number of aromatic hydroxyl groups is 1. The first-order chi connectivity index (χ1) is 37.0. The highest BCUT2D eigenvalue weighted by atomic mass is 16.6. The highest BCUT2D eigenvalue weighted by Crippen LogP contribution is 2.29. The van der Waals surface area contributed by atoms with Crippen molar-refractivity contribution >= 4 is 29.7 Å². The molecular weight excluding hydrogens is 997 g/mol. The number of hydrogen-bond donors (Lipinski definition) is 2. The quantitative estimate of drug-likeness (QED) is 0.0215. The number of esters is 4. The maximum Gasteiger partial charge on any atom is 0.322 e. The third kappa shape index (κ3) is 26.4. The SMILES string of the molecule is C=CCC(OCc1ccccc1)[C@H](C)OC(=O)[C@H](C)CC(=O)OC(C)(C)C.C=CCC(OCc1ccccc1)[C@H](C)OC(=O)[C@H](C)CC(=O)c1nccc(OC)c1O.C=CCC(OCc1ccccc1)[C@H](C)OC(=O)[C@H](C)N. The summed E-state index contributed by atoms with van der Waals surface area (Å²) >= 11 is 0. The number of pyridine rings is 1. The Labute approximate surface area is 462 Å². The van der Waals surface area contributed by atoms with Gasteiger partial charge in [0.1, 0.15) is 30.0 Å². The predicted molar refractivity (Wildman–Crippen MR) is 300 cm³/mol. The molecular formula is C62H84N2O14. The molecule has 1 aromatic heterocycles. The number of aromatic nitrogens is 1. The fourth-order valence-corrected chi connectivity index (χ4v) is 7.11. The molecule has 4 rings (SSSR count). The van der Waals surface area contributed by atoms with Crippen LogP contribution in [0.15, 0.2) is 141 Å². The van der Waals surface area contributed by atoms with E-state index in [0.717, 1.165) is 16.7 Å². The summed E-state index contributed by atoms with van der Waals surface area (Å²) in [6, 6.07) is 30.2. The molecule has 0 radical (unpaired) electrons. The Morgan fingerprint density at radius 3 is 1.27 bits per heavy atom. The summed E-state index contributed by atoms with van der Waals surface area (Å²) in [6.07, 6.45) is 5.82. The van der Waals surface area contributed by atoms with E-state index in [9.17, 15) is 29.1 Å². The number of hydrogen-bond acceptors (Lipinski definition) is 16. The van der Waals surface area contributed by atoms with Crippen molar-refractivity contribution < 1.29 is 67.0 Å². The lowest BCUT2D eigenvalue weighted by atomic mass is 10.0. The van der Waals surface area contributed by atoms with Crippen LogP contribution in [0.5, 0.6) is 11.5 Å². The standard InChI is InChI=1S/C24H29NO6.C22H32O5.C16H23NO3/c1-5-9-20(30-15-18-10-7-6-8-11-18)17(3)31-24(28)16(2)14-19(26)22-23(27)21(29-4)12-13-25-22;1-7-11-19(25-15-18-12-9-8-10-13-18)17(3)26-21(24)16(2)14-20(23)27-22(4,5)6;1-4-8-15(13(3)20-16(18)12(2)17)19-11-14-9-6-5-7-10-14/h5-8,10-13,16-17,20,27H,1,9,14-15H2,2-4H3;7-10,12-13,16-17,19H,1,11,14-15H2,2-6H3;4-7,9-10,12-13,15H,1,8,11,17H2,2-3H3/t16-,17+,20?;16-,17+,19?;12-,13-,15?/m110/s1. The molecule has 3 unspecified atom stereocenters. The Morgan fingerprint density at radius 1 is 0.577 bits per heavy atom. The van der Waals surface area contributed by atoms with Gasteiger partial charge in [0.2, 0.25) is 0 Å². The topological polar surface area (TPSA) is 218 Å². The second kappa shape index (κ2) is 36.2. The summed E-state index contributed by atoms with van der Waals surface area (Å²) < 4.78 is 44.3. The van der Waals surface area contributed by atoms with Crippen molar-refractivity contribution in [1.82, 2.24) is 4.98 Å². The van der Waals surface area contributed by atoms with Gasteiger partial charge in [0.05, 0.1) is 63.5 Å². The Morgan fingerprint density at radius 2 is 0.936 bits per heavy atom. The summed E-state index contributed by atoms with van der Waals surface area (Å²) in [5.41, 5.74) is 7.91. The number of Topliss-reactive ketones (excluding diaryl/α,β-unsaturated/α-hetero) is 1. The summed E-state index contributed by atoms with van der Waals surface area (Å²) in [5, 5.41) is 10.1. The van der Waals surface area contributed by atoms with Gasteiger partial charge in [0.25, 0.3) is 0 Å². The van der Waals surface area contributed by atoms with Crippen LogP contribution in [0.1, 0.15) is 122 Å². The smallest absolute Gasteiger partial charge is 0.322 e. The molecule has 426 valence electrons. The molecule has 4 aromatic rings. The van der Waals surface area contributed by atoms with Gasteiger partial charge in [-0.05, 0) is 84.4 Å². The van der Waals surface area contributed by atoms with Crippen LogP contribution in [0.2, 0.25) is 0 Å². The average Bonchev–Trinajstić information content (AvgIpc) is 3.40. The minimum atomic E-state index is -0.721. The van der Waals surface area contributed by atoms with E-state index in [2.05, 4.69) is 24.7 Å². The molecule has 0 bridgehead atoms. The number of rotatable bonds is 30. The minimum absolute atomic E-state index is 0.0141. The van der Waals surface area contributed by atoms with Crippen molar-refractivity contribution in [3.05, 3.63) is 164 Å². The number of benzene rings is 3. The molecule has 3 N–H and O–H groups in total. The number of methoxy groups -OCH3 is 1. The first-order valence-corrected chi connectivity index (χ1v) is 26.2. The molecule has 0 amide bonds. The molecule has 0 aliphatic heterocycles. The van der Waals surface area contributed by atoms with Gasteiger partial charge in [0.15, 0.2) is 23.0 Å². The van der Waals surface area contributed by atoms with E-state index in [1.807, 2.05) is 91.0 Å². The van der Waals surface area contributed by atoms with Crippen molar-refractivity contribution in [2.24, 2.45) is 17.6 Å². The summed E-state index contributed by atoms with van der Waals surface area (Å²) in [7, 11) is 1.38. The number of carbonyl (C=O) groups excluding carboxylic acids is 5. The zero-order valence-electron chi connectivity index (χ0n) is 47.3. The summed E-state index contributed by atoms with van der Waals surface area (Å²) in [5.74, 6) is -3.78. The van der Waals surface area contributed by atoms with Gasteiger partial charge in [-0.3, -0.25) is 24.0 Å². The van der Waals surface area contributed by atoms with Crippen LogP contribution in [0.3, 0.4) is 0 Å². The van der Waals surface area contributed by atoms with Gasteiger partial charge in [-0.15, -0.1) is 19.7 Å². The molecule has 3 aromatic carbocycles. The van der Waals surface area contributed by atoms with Gasteiger partial charge in [-0.2, -0.15) is 0 Å². The van der Waals surface area contributed by atoms with Crippen molar-refractivity contribution in [1.29, 1.82) is 0 Å². The zero-order valence-corrected chi connectivity index (χ0v) is 47.3. The lowest BCUT2D eigenvalue weighted by Gasteiger charge is -2.25. The number of ketones is 1. The largest absolute Gasteiger partial charge is 0.503 e. The monoisotopic (exact) mass is 1080 g/mol. The zero-order chi connectivity index (χ0) is 58.2. The van der Waals surface area contributed by atoms with Crippen LogP contribution in [-0.2, 0) is 72.2 Å². The van der Waals surface area contributed by atoms with Crippen LogP contribution in [0.4, 0.5) is 0 Å². The van der Waals surface area contributed by atoms with E-state index in [1.54, 1.807) is 80.5 Å². The predicted octanol–water partition coefficient (Wildman–Crippen LogP) is 11.0. The fraction of sp³-hybridized carbons (Fsp3) is 0.452. The van der Waals surface area contributed by atoms with E-state index < -0.39 is 65.3 Å². The second-order valence-corrected chi connectivity index (χ2v) is 19.7. The molecule has 0 fully saturated rings. The number of carbonyl (C=O) groups is 5. The van der Waals surface area contributed by atoms with Crippen LogP contribution < -0.4 is 10.5 Å². The fourth-order valence-electron chi connectivity index (χ4n) is 7.11. The lowest BCUT2D eigenvalue weighted by Crippen LogP contribution is -2.37. The summed E-state index contributed by atoms with van der Waals surface area (Å²) in [4.78, 5) is 64.7. The molecule has 16 heteroatoms. The van der Waals surface area contributed by atoms with Gasteiger partial charge in [-0.25, -0.2) is 4.98 Å². The summed E-state index contributed by atoms with van der Waals surface area (Å²) in [6.45, 7) is 28.0. The Balaban J connectivity index is 0.000000410. The van der Waals surface area contributed by atoms with Crippen LogP contribution in [-0.4, -0.2) is 95.1 Å². The molecule has 78 heavy (non-hydrogen) atoms. The third-order valence-electron chi connectivity index (χ3n) is 11.5. The molecule has 0 saturated heterocycles. The normalized spacial score (nSPS) is 14.4. The number of ether oxygens (including phenoxy) is 8. The van der Waals surface area contributed by atoms with Crippen LogP contribution in [0.25, 0.3) is 0 Å². The van der Waals surface area contributed by atoms with E-state index in [0.29, 0.717) is 39.1 Å². The molecule has 0 aliphatic carbocycles.